The maximum absolute atomic E-state index is 6.49. The van der Waals surface area contributed by atoms with E-state index in [0.29, 0.717) is 22.9 Å². The Kier molecular flexibility index (Phi) is 5.62. The number of hydrogen-bond donors (Lipinski definition) is 2. The molecule has 5 rings (SSSR count). The molecule has 0 radical (unpaired) electrons. The third-order valence-electron chi connectivity index (χ3n) is 5.91. The van der Waals surface area contributed by atoms with E-state index in [1.165, 1.54) is 5.56 Å². The van der Waals surface area contributed by atoms with Crippen molar-refractivity contribution in [2.75, 3.05) is 18.4 Å². The van der Waals surface area contributed by atoms with Gasteiger partial charge in [-0.2, -0.15) is 0 Å². The topological polar surface area (TPSA) is 56.8 Å². The van der Waals surface area contributed by atoms with Crippen molar-refractivity contribution in [1.29, 1.82) is 0 Å². The summed E-state index contributed by atoms with van der Waals surface area (Å²) in [5.41, 5.74) is 4.16. The van der Waals surface area contributed by atoms with Gasteiger partial charge in [0, 0.05) is 48.3 Å². The van der Waals surface area contributed by atoms with Crippen LogP contribution in [-0.4, -0.2) is 39.0 Å². The van der Waals surface area contributed by atoms with Gasteiger partial charge >= 0.3 is 0 Å². The summed E-state index contributed by atoms with van der Waals surface area (Å²) in [5.74, 6) is 1.23. The highest BCUT2D eigenvalue weighted by atomic mass is 35.5. The Morgan fingerprint density at radius 2 is 1.90 bits per heavy atom. The molecule has 5 nitrogen and oxygen atoms in total. The van der Waals surface area contributed by atoms with E-state index >= 15 is 0 Å². The predicted molar refractivity (Wildman–Crippen MR) is 127 cm³/mol. The molecule has 0 saturated carbocycles. The predicted octanol–water partition coefficient (Wildman–Crippen LogP) is 5.60. The van der Waals surface area contributed by atoms with E-state index in [1.807, 2.05) is 18.3 Å². The second-order valence-electron chi connectivity index (χ2n) is 8.50. The Bertz CT molecular complexity index is 1170. The van der Waals surface area contributed by atoms with Crippen molar-refractivity contribution < 1.29 is 0 Å². The molecule has 1 aliphatic heterocycles. The highest BCUT2D eigenvalue weighted by Crippen LogP contribution is 2.32. The van der Waals surface area contributed by atoms with Gasteiger partial charge in [-0.25, -0.2) is 9.97 Å². The SMILES string of the molecule is C[C@H]1C[C@H](Nc2ncc(Cl)c(-c3c[nH]c4ccccc34)n2)CN(Cc2ccccc2)C1. The molecule has 2 aromatic carbocycles. The standard InChI is InChI=1S/C25H26ClN5/c1-17-11-19(16-31(14-17)15-18-7-3-2-4-8-18)29-25-28-13-22(26)24(30-25)21-12-27-23-10-6-5-9-20(21)23/h2-10,12-13,17,19,27H,11,14-16H2,1H3,(H,28,29,30)/t17-,19-/m0/s1. The number of piperidine rings is 1. The molecule has 4 aromatic rings. The van der Waals surface area contributed by atoms with Gasteiger partial charge in [0.15, 0.2) is 0 Å². The van der Waals surface area contributed by atoms with E-state index < -0.39 is 0 Å². The molecule has 2 N–H and O–H groups in total. The lowest BCUT2D eigenvalue weighted by molar-refractivity contribution is 0.165. The van der Waals surface area contributed by atoms with Crippen LogP contribution >= 0.6 is 11.6 Å². The number of rotatable bonds is 5. The normalized spacial score (nSPS) is 19.5. The fourth-order valence-electron chi connectivity index (χ4n) is 4.61. The van der Waals surface area contributed by atoms with E-state index in [0.717, 1.165) is 48.2 Å². The van der Waals surface area contributed by atoms with E-state index in [1.54, 1.807) is 6.20 Å². The minimum Gasteiger partial charge on any atom is -0.360 e. The molecule has 0 bridgehead atoms. The third kappa shape index (κ3) is 4.43. The highest BCUT2D eigenvalue weighted by molar-refractivity contribution is 6.33. The number of anilines is 1. The van der Waals surface area contributed by atoms with Crippen LogP contribution in [0.1, 0.15) is 18.9 Å². The molecule has 0 aliphatic carbocycles. The maximum Gasteiger partial charge on any atom is 0.223 e. The molecule has 0 spiro atoms. The number of benzene rings is 2. The van der Waals surface area contributed by atoms with Gasteiger partial charge in [-0.05, 0) is 24.0 Å². The summed E-state index contributed by atoms with van der Waals surface area (Å²) >= 11 is 6.49. The van der Waals surface area contributed by atoms with Crippen molar-refractivity contribution in [3.8, 4) is 11.3 Å². The molecular weight excluding hydrogens is 406 g/mol. The molecule has 31 heavy (non-hydrogen) atoms. The molecular formula is C25H26ClN5. The van der Waals surface area contributed by atoms with Gasteiger partial charge in [0.2, 0.25) is 5.95 Å². The zero-order valence-corrected chi connectivity index (χ0v) is 18.3. The van der Waals surface area contributed by atoms with Crippen LogP contribution in [-0.2, 0) is 6.54 Å². The van der Waals surface area contributed by atoms with Crippen LogP contribution in [0.5, 0.6) is 0 Å². The number of H-pyrrole nitrogens is 1. The number of para-hydroxylation sites is 1. The summed E-state index contributed by atoms with van der Waals surface area (Å²) in [4.78, 5) is 15.1. The lowest BCUT2D eigenvalue weighted by Gasteiger charge is -2.36. The average molecular weight is 432 g/mol. The quantitative estimate of drug-likeness (QED) is 0.431. The zero-order chi connectivity index (χ0) is 21.2. The first-order valence-corrected chi connectivity index (χ1v) is 11.2. The molecule has 2 aromatic heterocycles. The van der Waals surface area contributed by atoms with Crippen molar-refractivity contribution in [2.45, 2.75) is 25.9 Å². The molecule has 2 atom stereocenters. The molecule has 6 heteroatoms. The number of fused-ring (bicyclic) bond motifs is 1. The first-order chi connectivity index (χ1) is 15.2. The van der Waals surface area contributed by atoms with E-state index in [9.17, 15) is 0 Å². The lowest BCUT2D eigenvalue weighted by Crippen LogP contribution is -2.45. The van der Waals surface area contributed by atoms with Crippen LogP contribution in [0.3, 0.4) is 0 Å². The highest BCUT2D eigenvalue weighted by Gasteiger charge is 2.25. The number of aromatic nitrogens is 3. The summed E-state index contributed by atoms with van der Waals surface area (Å²) in [6.45, 7) is 5.35. The Morgan fingerprint density at radius 1 is 1.10 bits per heavy atom. The van der Waals surface area contributed by atoms with Crippen LogP contribution in [0, 0.1) is 5.92 Å². The van der Waals surface area contributed by atoms with Gasteiger partial charge in [-0.1, -0.05) is 67.1 Å². The molecule has 1 fully saturated rings. The van der Waals surface area contributed by atoms with Gasteiger partial charge in [-0.3, -0.25) is 4.90 Å². The first-order valence-electron chi connectivity index (χ1n) is 10.8. The Morgan fingerprint density at radius 3 is 2.77 bits per heavy atom. The zero-order valence-electron chi connectivity index (χ0n) is 17.6. The molecule has 1 saturated heterocycles. The second-order valence-corrected chi connectivity index (χ2v) is 8.91. The molecule has 0 amide bonds. The van der Waals surface area contributed by atoms with Gasteiger partial charge < -0.3 is 10.3 Å². The first kappa shape index (κ1) is 20.0. The Balaban J connectivity index is 1.35. The molecule has 158 valence electrons. The van der Waals surface area contributed by atoms with Crippen molar-refractivity contribution in [1.82, 2.24) is 19.9 Å². The smallest absolute Gasteiger partial charge is 0.223 e. The van der Waals surface area contributed by atoms with Crippen molar-refractivity contribution >= 4 is 28.5 Å². The van der Waals surface area contributed by atoms with Crippen LogP contribution in [0.4, 0.5) is 5.95 Å². The largest absolute Gasteiger partial charge is 0.360 e. The average Bonchev–Trinajstić information content (AvgIpc) is 3.19. The summed E-state index contributed by atoms with van der Waals surface area (Å²) in [7, 11) is 0. The van der Waals surface area contributed by atoms with Crippen LogP contribution in [0.2, 0.25) is 5.02 Å². The number of nitrogens with one attached hydrogen (secondary N) is 2. The Labute approximate surface area is 187 Å². The van der Waals surface area contributed by atoms with Gasteiger partial charge in [0.1, 0.15) is 0 Å². The summed E-state index contributed by atoms with van der Waals surface area (Å²) < 4.78 is 0. The third-order valence-corrected chi connectivity index (χ3v) is 6.18. The Hall–Kier alpha value is -2.89. The minimum absolute atomic E-state index is 0.296. The molecule has 0 unspecified atom stereocenters. The minimum atomic E-state index is 0.296. The van der Waals surface area contributed by atoms with Crippen LogP contribution < -0.4 is 5.32 Å². The van der Waals surface area contributed by atoms with Crippen LogP contribution in [0.15, 0.2) is 67.0 Å². The van der Waals surface area contributed by atoms with Gasteiger partial charge in [-0.15, -0.1) is 0 Å². The fraction of sp³-hybridized carbons (Fsp3) is 0.280. The van der Waals surface area contributed by atoms with E-state index in [-0.39, 0.29) is 0 Å². The van der Waals surface area contributed by atoms with E-state index in [4.69, 9.17) is 16.6 Å². The number of nitrogens with zero attached hydrogens (tertiary/aromatic N) is 3. The summed E-state index contributed by atoms with van der Waals surface area (Å²) in [6.07, 6.45) is 4.76. The van der Waals surface area contributed by atoms with Gasteiger partial charge in [0.05, 0.1) is 16.9 Å². The molecule has 1 aliphatic rings. The molecule has 3 heterocycles. The number of likely N-dealkylation sites (tertiary alicyclic amines) is 1. The number of hydrogen-bond acceptors (Lipinski definition) is 4. The fourth-order valence-corrected chi connectivity index (χ4v) is 4.81. The van der Waals surface area contributed by atoms with Gasteiger partial charge in [0.25, 0.3) is 0 Å². The summed E-state index contributed by atoms with van der Waals surface area (Å²) in [5, 5.41) is 5.23. The lowest BCUT2D eigenvalue weighted by atomic mass is 9.95. The second kappa shape index (κ2) is 8.69. The summed E-state index contributed by atoms with van der Waals surface area (Å²) in [6, 6.07) is 19.1. The number of halogens is 1. The van der Waals surface area contributed by atoms with Crippen molar-refractivity contribution in [3.05, 3.63) is 77.6 Å². The number of aromatic amines is 1. The monoisotopic (exact) mass is 431 g/mol. The van der Waals surface area contributed by atoms with E-state index in [2.05, 4.69) is 69.6 Å². The van der Waals surface area contributed by atoms with Crippen molar-refractivity contribution in [2.24, 2.45) is 5.92 Å². The maximum atomic E-state index is 6.49. The van der Waals surface area contributed by atoms with Crippen molar-refractivity contribution in [3.63, 3.8) is 0 Å². The van der Waals surface area contributed by atoms with Crippen LogP contribution in [0.25, 0.3) is 22.2 Å².